The summed E-state index contributed by atoms with van der Waals surface area (Å²) in [6.07, 6.45) is -0.294. The molecule has 2 atom stereocenters. The first-order valence-electron chi connectivity index (χ1n) is 12.3. The third-order valence-corrected chi connectivity index (χ3v) is 7.75. The van der Waals surface area contributed by atoms with Gasteiger partial charge in [-0.3, -0.25) is 9.59 Å². The summed E-state index contributed by atoms with van der Waals surface area (Å²) in [6, 6.07) is 28.5. The molecule has 0 bridgehead atoms. The van der Waals surface area contributed by atoms with Crippen LogP contribution in [0.4, 0.5) is 5.69 Å². The number of rotatable bonds is 4. The van der Waals surface area contributed by atoms with Gasteiger partial charge in [0.1, 0.15) is 12.1 Å². The number of amides is 1. The summed E-state index contributed by atoms with van der Waals surface area (Å²) in [7, 11) is 0. The molecule has 2 unspecified atom stereocenters. The van der Waals surface area contributed by atoms with Gasteiger partial charge in [-0.15, -0.1) is 0 Å². The number of ether oxygens (including phenoxy) is 1. The Morgan fingerprint density at radius 2 is 1.73 bits per heavy atom. The van der Waals surface area contributed by atoms with Crippen molar-refractivity contribution in [1.82, 2.24) is 5.32 Å². The van der Waals surface area contributed by atoms with Crippen molar-refractivity contribution in [2.75, 3.05) is 5.32 Å². The molecule has 5 nitrogen and oxygen atoms in total. The molecule has 1 heterocycles. The van der Waals surface area contributed by atoms with Crippen molar-refractivity contribution in [3.05, 3.63) is 99.6 Å². The number of hydrogen-bond acceptors (Lipinski definition) is 4. The molecule has 0 saturated heterocycles. The lowest BCUT2D eigenvalue weighted by atomic mass is 9.91. The average molecular weight is 600 g/mol. The molecular weight excluding hydrogens is 575 g/mol. The Labute approximate surface area is 228 Å². The molecule has 0 saturated carbocycles. The van der Waals surface area contributed by atoms with E-state index < -0.39 is 18.1 Å². The summed E-state index contributed by atoms with van der Waals surface area (Å²) < 4.78 is 6.92. The van der Waals surface area contributed by atoms with Gasteiger partial charge in [0.2, 0.25) is 5.91 Å². The molecule has 1 amide bonds. The zero-order chi connectivity index (χ0) is 25.5. The van der Waals surface area contributed by atoms with E-state index in [0.717, 1.165) is 36.5 Å². The van der Waals surface area contributed by atoms with Crippen molar-refractivity contribution in [3.63, 3.8) is 0 Å². The van der Waals surface area contributed by atoms with Crippen molar-refractivity contribution in [3.8, 4) is 0 Å². The van der Waals surface area contributed by atoms with E-state index in [1.165, 1.54) is 23.1 Å². The number of carbonyl (C=O) groups is 2. The second-order valence-electron chi connectivity index (χ2n) is 9.46. The Balaban J connectivity index is 1.46. The Morgan fingerprint density at radius 3 is 2.59 bits per heavy atom. The Morgan fingerprint density at radius 1 is 0.946 bits per heavy atom. The molecule has 5 aromatic rings. The number of benzene rings is 5. The molecule has 0 aliphatic carbocycles. The summed E-state index contributed by atoms with van der Waals surface area (Å²) in [5, 5.41) is 13.3. The molecule has 184 valence electrons. The largest absolute Gasteiger partial charge is 0.459 e. The van der Waals surface area contributed by atoms with Crippen molar-refractivity contribution >= 4 is 72.5 Å². The van der Waals surface area contributed by atoms with Gasteiger partial charge in [-0.2, -0.15) is 0 Å². The van der Waals surface area contributed by atoms with E-state index in [1.54, 1.807) is 0 Å². The van der Waals surface area contributed by atoms with Gasteiger partial charge in [-0.25, -0.2) is 0 Å². The second-order valence-corrected chi connectivity index (χ2v) is 10.7. The highest BCUT2D eigenvalue weighted by Crippen LogP contribution is 2.34. The van der Waals surface area contributed by atoms with Crippen molar-refractivity contribution in [1.29, 1.82) is 0 Å². The number of hydrogen-bond donors (Lipinski definition) is 2. The highest BCUT2D eigenvalue weighted by molar-refractivity contribution is 14.1. The zero-order valence-electron chi connectivity index (χ0n) is 20.3. The van der Waals surface area contributed by atoms with Gasteiger partial charge in [0.05, 0.1) is 0 Å². The maximum absolute atomic E-state index is 13.2. The van der Waals surface area contributed by atoms with Crippen molar-refractivity contribution in [2.45, 2.75) is 32.0 Å². The van der Waals surface area contributed by atoms with Crippen molar-refractivity contribution < 1.29 is 14.3 Å². The second kappa shape index (κ2) is 9.67. The maximum atomic E-state index is 13.2. The van der Waals surface area contributed by atoms with E-state index in [9.17, 15) is 9.59 Å². The lowest BCUT2D eigenvalue weighted by Gasteiger charge is -2.27. The fourth-order valence-electron chi connectivity index (χ4n) is 5.42. The number of nitrogens with one attached hydrogen (secondary N) is 2. The van der Waals surface area contributed by atoms with Crippen molar-refractivity contribution in [2.24, 2.45) is 0 Å². The van der Waals surface area contributed by atoms with Gasteiger partial charge in [0.25, 0.3) is 0 Å². The highest BCUT2D eigenvalue weighted by Gasteiger charge is 2.34. The van der Waals surface area contributed by atoms with E-state index in [4.69, 9.17) is 4.74 Å². The standard InChI is InChI=1S/C31H25IN2O3/c1-18(35)37-28(30-31(36)33-17-22-15-23(32)11-14-27(22)34-30)16-21-7-4-6-20-10-12-25-24-8-3-2-5-19(24)9-13-26(25)29(20)21/h2-15,28,30,34H,16-17H2,1H3,(H,33,36). The zero-order valence-corrected chi connectivity index (χ0v) is 22.4. The summed E-state index contributed by atoms with van der Waals surface area (Å²) in [4.78, 5) is 25.4. The summed E-state index contributed by atoms with van der Waals surface area (Å²) >= 11 is 2.26. The van der Waals surface area contributed by atoms with Crippen LogP contribution in [0.15, 0.2) is 84.9 Å². The lowest BCUT2D eigenvalue weighted by Crippen LogP contribution is -2.48. The van der Waals surface area contributed by atoms with Crippen LogP contribution >= 0.6 is 22.6 Å². The SMILES string of the molecule is CC(=O)OC(Cc1cccc2ccc3c4ccccc4ccc3c12)C1Nc2ccc(I)cc2CNC1=O. The van der Waals surface area contributed by atoms with Crippen LogP contribution in [0.25, 0.3) is 32.3 Å². The third kappa shape index (κ3) is 4.50. The van der Waals surface area contributed by atoms with E-state index in [2.05, 4.69) is 87.8 Å². The fraction of sp³-hybridized carbons (Fsp3) is 0.161. The van der Waals surface area contributed by atoms with Crippen LogP contribution in [0.1, 0.15) is 18.1 Å². The van der Waals surface area contributed by atoms with E-state index in [0.29, 0.717) is 13.0 Å². The molecule has 5 aromatic carbocycles. The van der Waals surface area contributed by atoms with Gasteiger partial charge in [-0.05, 0) is 84.2 Å². The number of anilines is 1. The Hall–Kier alpha value is -3.65. The number of esters is 1. The third-order valence-electron chi connectivity index (χ3n) is 7.08. The predicted molar refractivity (Wildman–Crippen MR) is 157 cm³/mol. The van der Waals surface area contributed by atoms with E-state index in [-0.39, 0.29) is 5.91 Å². The molecule has 1 aliphatic rings. The maximum Gasteiger partial charge on any atom is 0.303 e. The minimum absolute atomic E-state index is 0.187. The first-order chi connectivity index (χ1) is 18.0. The molecule has 6 rings (SSSR count). The predicted octanol–water partition coefficient (Wildman–Crippen LogP) is 6.34. The fourth-order valence-corrected chi connectivity index (χ4v) is 5.97. The molecule has 0 spiro atoms. The summed E-state index contributed by atoms with van der Waals surface area (Å²) in [5.74, 6) is -0.601. The average Bonchev–Trinajstić information content (AvgIpc) is 3.06. The normalized spacial score (nSPS) is 16.1. The molecule has 0 radical (unpaired) electrons. The topological polar surface area (TPSA) is 67.4 Å². The smallest absolute Gasteiger partial charge is 0.303 e. The number of halogens is 1. The quantitative estimate of drug-likeness (QED) is 0.144. The monoisotopic (exact) mass is 600 g/mol. The molecule has 0 fully saturated rings. The van der Waals surface area contributed by atoms with Crippen LogP contribution in [0, 0.1) is 3.57 Å². The molecule has 37 heavy (non-hydrogen) atoms. The van der Waals surface area contributed by atoms with Crippen LogP contribution in [0.5, 0.6) is 0 Å². The van der Waals surface area contributed by atoms with Crippen LogP contribution in [-0.2, 0) is 27.3 Å². The van der Waals surface area contributed by atoms with E-state index >= 15 is 0 Å². The van der Waals surface area contributed by atoms with Gasteiger partial charge < -0.3 is 15.4 Å². The van der Waals surface area contributed by atoms with Crippen LogP contribution in [0.2, 0.25) is 0 Å². The number of fused-ring (bicyclic) bond motifs is 6. The first-order valence-corrected chi connectivity index (χ1v) is 13.4. The molecule has 1 aliphatic heterocycles. The molecule has 2 N–H and O–H groups in total. The van der Waals surface area contributed by atoms with E-state index in [1.807, 2.05) is 30.3 Å². The Kier molecular flexibility index (Phi) is 6.20. The first kappa shape index (κ1) is 23.7. The molecule has 0 aromatic heterocycles. The lowest BCUT2D eigenvalue weighted by molar-refractivity contribution is -0.148. The molecule has 6 heteroatoms. The minimum atomic E-state index is -0.726. The highest BCUT2D eigenvalue weighted by atomic mass is 127. The summed E-state index contributed by atoms with van der Waals surface area (Å²) in [5.41, 5.74) is 2.91. The van der Waals surface area contributed by atoms with Gasteiger partial charge in [0.15, 0.2) is 0 Å². The van der Waals surface area contributed by atoms with Gasteiger partial charge >= 0.3 is 5.97 Å². The summed E-state index contributed by atoms with van der Waals surface area (Å²) in [6.45, 7) is 1.82. The molecular formula is C31H25IN2O3. The van der Waals surface area contributed by atoms with Gasteiger partial charge in [0, 0.05) is 29.1 Å². The Bertz CT molecular complexity index is 1700. The minimum Gasteiger partial charge on any atom is -0.459 e. The van der Waals surface area contributed by atoms with Crippen LogP contribution < -0.4 is 10.6 Å². The van der Waals surface area contributed by atoms with Crippen LogP contribution in [-0.4, -0.2) is 24.0 Å². The number of carbonyl (C=O) groups excluding carboxylic acids is 2. The van der Waals surface area contributed by atoms with Gasteiger partial charge in [-0.1, -0.05) is 66.7 Å². The van der Waals surface area contributed by atoms with Crippen LogP contribution in [0.3, 0.4) is 0 Å².